The number of furan rings is 1. The van der Waals surface area contributed by atoms with Crippen molar-refractivity contribution < 1.29 is 18.7 Å². The summed E-state index contributed by atoms with van der Waals surface area (Å²) in [5.74, 6) is 0.0809. The zero-order valence-electron chi connectivity index (χ0n) is 12.3. The van der Waals surface area contributed by atoms with Gasteiger partial charge in [0, 0.05) is 26.2 Å². The third kappa shape index (κ3) is 3.62. The van der Waals surface area contributed by atoms with Gasteiger partial charge < -0.3 is 19.8 Å². The van der Waals surface area contributed by atoms with E-state index in [1.54, 1.807) is 6.07 Å². The molecule has 1 saturated heterocycles. The van der Waals surface area contributed by atoms with E-state index in [4.69, 9.17) is 9.15 Å². The minimum absolute atomic E-state index is 0.0177. The van der Waals surface area contributed by atoms with Crippen molar-refractivity contribution in [1.29, 1.82) is 0 Å². The number of carbonyl (C=O) groups is 2. The SMILES string of the molecule is CCNC(=O)C1CNCCN1Cc1occc1C(=O)OC. The minimum Gasteiger partial charge on any atom is -0.467 e. The molecular formula is C14H21N3O4. The molecule has 1 fully saturated rings. The molecule has 1 aliphatic rings. The van der Waals surface area contributed by atoms with Crippen molar-refractivity contribution in [3.8, 4) is 0 Å². The maximum atomic E-state index is 12.1. The monoisotopic (exact) mass is 295 g/mol. The van der Waals surface area contributed by atoms with E-state index in [1.165, 1.54) is 13.4 Å². The molecule has 0 saturated carbocycles. The third-order valence-corrected chi connectivity index (χ3v) is 3.51. The van der Waals surface area contributed by atoms with Crippen LogP contribution in [0.2, 0.25) is 0 Å². The molecular weight excluding hydrogens is 274 g/mol. The molecule has 1 atom stereocenters. The van der Waals surface area contributed by atoms with E-state index in [9.17, 15) is 9.59 Å². The van der Waals surface area contributed by atoms with Crippen molar-refractivity contribution in [1.82, 2.24) is 15.5 Å². The lowest BCUT2D eigenvalue weighted by Gasteiger charge is -2.34. The van der Waals surface area contributed by atoms with Crippen molar-refractivity contribution in [2.75, 3.05) is 33.3 Å². The Morgan fingerprint density at radius 1 is 1.57 bits per heavy atom. The fourth-order valence-corrected chi connectivity index (χ4v) is 2.43. The van der Waals surface area contributed by atoms with Gasteiger partial charge >= 0.3 is 5.97 Å². The zero-order chi connectivity index (χ0) is 15.2. The molecule has 0 spiro atoms. The number of nitrogens with one attached hydrogen (secondary N) is 2. The summed E-state index contributed by atoms with van der Waals surface area (Å²) >= 11 is 0. The molecule has 1 aromatic rings. The van der Waals surface area contributed by atoms with Gasteiger partial charge in [-0.1, -0.05) is 0 Å². The molecule has 7 nitrogen and oxygen atoms in total. The van der Waals surface area contributed by atoms with Gasteiger partial charge in [0.25, 0.3) is 0 Å². The Balaban J connectivity index is 2.11. The summed E-state index contributed by atoms with van der Waals surface area (Å²) in [4.78, 5) is 25.8. The van der Waals surface area contributed by atoms with E-state index in [0.29, 0.717) is 37.5 Å². The molecule has 7 heteroatoms. The lowest BCUT2D eigenvalue weighted by atomic mass is 10.1. The summed E-state index contributed by atoms with van der Waals surface area (Å²) in [6.07, 6.45) is 1.46. The highest BCUT2D eigenvalue weighted by molar-refractivity contribution is 5.90. The van der Waals surface area contributed by atoms with E-state index in [0.717, 1.165) is 6.54 Å². The first-order chi connectivity index (χ1) is 10.2. The summed E-state index contributed by atoms with van der Waals surface area (Å²) < 4.78 is 10.1. The van der Waals surface area contributed by atoms with Crippen LogP contribution in [0.5, 0.6) is 0 Å². The van der Waals surface area contributed by atoms with Crippen LogP contribution in [0.1, 0.15) is 23.0 Å². The molecule has 116 valence electrons. The smallest absolute Gasteiger partial charge is 0.341 e. The Hall–Kier alpha value is -1.86. The largest absolute Gasteiger partial charge is 0.467 e. The van der Waals surface area contributed by atoms with E-state index in [-0.39, 0.29) is 11.9 Å². The maximum Gasteiger partial charge on any atom is 0.341 e. The molecule has 0 bridgehead atoms. The molecule has 2 heterocycles. The number of ether oxygens (including phenoxy) is 1. The fraction of sp³-hybridized carbons (Fsp3) is 0.571. The van der Waals surface area contributed by atoms with Gasteiger partial charge in [-0.25, -0.2) is 4.79 Å². The second kappa shape index (κ2) is 7.24. The van der Waals surface area contributed by atoms with Gasteiger partial charge in [-0.3, -0.25) is 9.69 Å². The highest BCUT2D eigenvalue weighted by Gasteiger charge is 2.30. The van der Waals surface area contributed by atoms with E-state index < -0.39 is 5.97 Å². The molecule has 0 aliphatic carbocycles. The van der Waals surface area contributed by atoms with Gasteiger partial charge in [0.2, 0.25) is 5.91 Å². The van der Waals surface area contributed by atoms with Crippen molar-refractivity contribution in [3.63, 3.8) is 0 Å². The average molecular weight is 295 g/mol. The predicted octanol–water partition coefficient (Wildman–Crippen LogP) is -0.0239. The summed E-state index contributed by atoms with van der Waals surface area (Å²) in [6, 6.07) is 1.32. The van der Waals surface area contributed by atoms with Crippen LogP contribution in [0, 0.1) is 0 Å². The van der Waals surface area contributed by atoms with E-state index in [2.05, 4.69) is 10.6 Å². The number of likely N-dealkylation sites (N-methyl/N-ethyl adjacent to an activating group) is 1. The maximum absolute atomic E-state index is 12.1. The summed E-state index contributed by atoms with van der Waals surface area (Å²) in [7, 11) is 1.33. The van der Waals surface area contributed by atoms with Crippen LogP contribution in [0.3, 0.4) is 0 Å². The molecule has 0 radical (unpaired) electrons. The first-order valence-corrected chi connectivity index (χ1v) is 7.04. The summed E-state index contributed by atoms with van der Waals surface area (Å²) in [5, 5.41) is 6.04. The Bertz CT molecular complexity index is 500. The van der Waals surface area contributed by atoms with Gasteiger partial charge in [-0.15, -0.1) is 0 Å². The van der Waals surface area contributed by atoms with Crippen LogP contribution >= 0.6 is 0 Å². The second-order valence-electron chi connectivity index (χ2n) is 4.83. The normalized spacial score (nSPS) is 19.2. The predicted molar refractivity (Wildman–Crippen MR) is 75.8 cm³/mol. The zero-order valence-corrected chi connectivity index (χ0v) is 12.3. The fourth-order valence-electron chi connectivity index (χ4n) is 2.43. The van der Waals surface area contributed by atoms with Crippen LogP contribution in [-0.4, -0.2) is 56.1 Å². The van der Waals surface area contributed by atoms with Gasteiger partial charge in [0.05, 0.1) is 19.9 Å². The summed E-state index contributed by atoms with van der Waals surface area (Å²) in [6.45, 7) is 4.98. The molecule has 21 heavy (non-hydrogen) atoms. The molecule has 2 N–H and O–H groups in total. The number of hydrogen-bond donors (Lipinski definition) is 2. The molecule has 2 rings (SSSR count). The number of methoxy groups -OCH3 is 1. The van der Waals surface area contributed by atoms with Crippen LogP contribution in [0.15, 0.2) is 16.7 Å². The van der Waals surface area contributed by atoms with Crippen molar-refractivity contribution in [2.24, 2.45) is 0 Å². The Morgan fingerprint density at radius 2 is 2.38 bits per heavy atom. The molecule has 0 aromatic carbocycles. The van der Waals surface area contributed by atoms with Crippen molar-refractivity contribution >= 4 is 11.9 Å². The second-order valence-corrected chi connectivity index (χ2v) is 4.83. The first-order valence-electron chi connectivity index (χ1n) is 7.04. The lowest BCUT2D eigenvalue weighted by Crippen LogP contribution is -2.57. The number of nitrogens with zero attached hydrogens (tertiary/aromatic N) is 1. The van der Waals surface area contributed by atoms with Crippen LogP contribution < -0.4 is 10.6 Å². The Labute approximate surface area is 123 Å². The van der Waals surface area contributed by atoms with Crippen LogP contribution in [0.25, 0.3) is 0 Å². The summed E-state index contributed by atoms with van der Waals surface area (Å²) in [5.41, 5.74) is 0.408. The Kier molecular flexibility index (Phi) is 5.35. The molecule has 1 amide bonds. The van der Waals surface area contributed by atoms with Crippen molar-refractivity contribution in [2.45, 2.75) is 19.5 Å². The molecule has 1 aliphatic heterocycles. The molecule has 1 aromatic heterocycles. The van der Waals surface area contributed by atoms with Gasteiger partial charge in [-0.05, 0) is 13.0 Å². The first kappa shape index (κ1) is 15.5. The minimum atomic E-state index is -0.427. The topological polar surface area (TPSA) is 83.8 Å². The third-order valence-electron chi connectivity index (χ3n) is 3.51. The number of esters is 1. The van der Waals surface area contributed by atoms with Gasteiger partial charge in [-0.2, -0.15) is 0 Å². The lowest BCUT2D eigenvalue weighted by molar-refractivity contribution is -0.127. The Morgan fingerprint density at radius 3 is 3.10 bits per heavy atom. The van der Waals surface area contributed by atoms with Gasteiger partial charge in [0.15, 0.2) is 0 Å². The van der Waals surface area contributed by atoms with E-state index in [1.807, 2.05) is 11.8 Å². The highest BCUT2D eigenvalue weighted by Crippen LogP contribution is 2.17. The number of carbonyl (C=O) groups excluding carboxylic acids is 2. The van der Waals surface area contributed by atoms with E-state index >= 15 is 0 Å². The van der Waals surface area contributed by atoms with Crippen LogP contribution in [-0.2, 0) is 16.1 Å². The number of hydrogen-bond acceptors (Lipinski definition) is 6. The standard InChI is InChI=1S/C14H21N3O4/c1-3-16-13(18)11-8-15-5-6-17(11)9-12-10(4-7-21-12)14(19)20-2/h4,7,11,15H,3,5-6,8-9H2,1-2H3,(H,16,18). The number of amides is 1. The number of piperazine rings is 1. The average Bonchev–Trinajstić information content (AvgIpc) is 2.95. The number of rotatable bonds is 5. The van der Waals surface area contributed by atoms with Gasteiger partial charge in [0.1, 0.15) is 17.4 Å². The highest BCUT2D eigenvalue weighted by atomic mass is 16.5. The van der Waals surface area contributed by atoms with Crippen molar-refractivity contribution in [3.05, 3.63) is 23.7 Å². The molecule has 1 unspecified atom stereocenters. The van der Waals surface area contributed by atoms with Crippen LogP contribution in [0.4, 0.5) is 0 Å². The quantitative estimate of drug-likeness (QED) is 0.743.